The van der Waals surface area contributed by atoms with Crippen molar-refractivity contribution in [1.29, 1.82) is 0 Å². The predicted molar refractivity (Wildman–Crippen MR) is 59.3 cm³/mol. The molecule has 2 N–H and O–H groups in total. The number of anilines is 1. The molecule has 0 spiro atoms. The topological polar surface area (TPSA) is 66.4 Å². The van der Waals surface area contributed by atoms with Crippen LogP contribution in [0.25, 0.3) is 0 Å². The van der Waals surface area contributed by atoms with Crippen molar-refractivity contribution in [2.45, 2.75) is 25.2 Å². The molecule has 1 aliphatic rings. The van der Waals surface area contributed by atoms with Crippen molar-refractivity contribution >= 4 is 17.6 Å². The molecule has 1 atom stereocenters. The number of carboxylic acid groups (broad SMARTS) is 1. The van der Waals surface area contributed by atoms with Gasteiger partial charge in [-0.25, -0.2) is 0 Å². The summed E-state index contributed by atoms with van der Waals surface area (Å²) in [5, 5.41) is 11.3. The van der Waals surface area contributed by atoms with Crippen molar-refractivity contribution in [3.63, 3.8) is 0 Å². The molecule has 0 aromatic heterocycles. The van der Waals surface area contributed by atoms with Crippen molar-refractivity contribution < 1.29 is 14.7 Å². The minimum Gasteiger partial charge on any atom is -0.481 e. The van der Waals surface area contributed by atoms with Gasteiger partial charge in [-0.1, -0.05) is 18.2 Å². The summed E-state index contributed by atoms with van der Waals surface area (Å²) < 4.78 is 0. The number of carbonyl (C=O) groups is 2. The highest BCUT2D eigenvalue weighted by molar-refractivity contribution is 6.02. The zero-order valence-electron chi connectivity index (χ0n) is 8.77. The molecule has 4 nitrogen and oxygen atoms in total. The molecule has 1 heterocycles. The molecule has 1 unspecified atom stereocenters. The molecule has 0 bridgehead atoms. The third kappa shape index (κ3) is 2.05. The van der Waals surface area contributed by atoms with Gasteiger partial charge in [0.05, 0.1) is 5.92 Å². The van der Waals surface area contributed by atoms with E-state index in [9.17, 15) is 9.59 Å². The van der Waals surface area contributed by atoms with E-state index in [1.807, 2.05) is 24.3 Å². The Morgan fingerprint density at radius 1 is 1.38 bits per heavy atom. The maximum Gasteiger partial charge on any atom is 0.303 e. The summed E-state index contributed by atoms with van der Waals surface area (Å²) in [6.45, 7) is 0. The number of fused-ring (bicyclic) bond motifs is 1. The van der Waals surface area contributed by atoms with Crippen LogP contribution in [0, 0.1) is 0 Å². The number of hydrogen-bond acceptors (Lipinski definition) is 2. The largest absolute Gasteiger partial charge is 0.481 e. The lowest BCUT2D eigenvalue weighted by Crippen LogP contribution is -2.12. The Kier molecular flexibility index (Phi) is 2.90. The van der Waals surface area contributed by atoms with Crippen LogP contribution in [0.1, 0.15) is 30.7 Å². The van der Waals surface area contributed by atoms with Gasteiger partial charge in [0.15, 0.2) is 0 Å². The molecule has 16 heavy (non-hydrogen) atoms. The third-order valence-corrected chi connectivity index (χ3v) is 2.79. The van der Waals surface area contributed by atoms with Crippen LogP contribution in [-0.2, 0) is 9.59 Å². The zero-order valence-corrected chi connectivity index (χ0v) is 8.77. The summed E-state index contributed by atoms with van der Waals surface area (Å²) in [7, 11) is 0. The second-order valence-electron chi connectivity index (χ2n) is 3.92. The van der Waals surface area contributed by atoms with Crippen LogP contribution >= 0.6 is 0 Å². The molecule has 0 radical (unpaired) electrons. The smallest absolute Gasteiger partial charge is 0.303 e. The first-order valence-electron chi connectivity index (χ1n) is 5.30. The molecule has 0 aliphatic carbocycles. The molecular formula is C12H13NO3. The number of amides is 1. The van der Waals surface area contributed by atoms with Crippen LogP contribution in [0.3, 0.4) is 0 Å². The first-order valence-corrected chi connectivity index (χ1v) is 5.30. The summed E-state index contributed by atoms with van der Waals surface area (Å²) in [6.07, 6.45) is 1.24. The first kappa shape index (κ1) is 10.7. The SMILES string of the molecule is O=C(O)CCCC1C(=O)Nc2ccccc21. The maximum atomic E-state index is 11.6. The molecule has 1 aromatic rings. The fourth-order valence-electron chi connectivity index (χ4n) is 2.02. The number of benzene rings is 1. The fourth-order valence-corrected chi connectivity index (χ4v) is 2.02. The highest BCUT2D eigenvalue weighted by Crippen LogP contribution is 2.35. The van der Waals surface area contributed by atoms with Gasteiger partial charge in [0, 0.05) is 12.1 Å². The lowest BCUT2D eigenvalue weighted by atomic mass is 9.95. The number of nitrogens with one attached hydrogen (secondary N) is 1. The van der Waals surface area contributed by atoms with E-state index in [0.29, 0.717) is 12.8 Å². The lowest BCUT2D eigenvalue weighted by molar-refractivity contribution is -0.137. The molecule has 84 valence electrons. The van der Waals surface area contributed by atoms with Gasteiger partial charge in [0.2, 0.25) is 5.91 Å². The Bertz CT molecular complexity index is 428. The van der Waals surface area contributed by atoms with Crippen molar-refractivity contribution in [1.82, 2.24) is 0 Å². The van der Waals surface area contributed by atoms with Crippen LogP contribution < -0.4 is 5.32 Å². The average molecular weight is 219 g/mol. The van der Waals surface area contributed by atoms with E-state index < -0.39 is 5.97 Å². The standard InChI is InChI=1S/C12H13NO3/c14-11(15)7-3-5-9-8-4-1-2-6-10(8)13-12(9)16/h1-2,4,6,9H,3,5,7H2,(H,13,16)(H,14,15). The molecule has 1 amide bonds. The quantitative estimate of drug-likeness (QED) is 0.813. The number of rotatable bonds is 4. The Balaban J connectivity index is 2.05. The van der Waals surface area contributed by atoms with Gasteiger partial charge in [-0.05, 0) is 24.5 Å². The summed E-state index contributed by atoms with van der Waals surface area (Å²) in [5.74, 6) is -1.02. The molecule has 4 heteroatoms. The second-order valence-corrected chi connectivity index (χ2v) is 3.92. The normalized spacial score (nSPS) is 18.0. The van der Waals surface area contributed by atoms with E-state index in [0.717, 1.165) is 11.3 Å². The van der Waals surface area contributed by atoms with Gasteiger partial charge < -0.3 is 10.4 Å². The summed E-state index contributed by atoms with van der Waals surface area (Å²) in [6, 6.07) is 7.55. The van der Waals surface area contributed by atoms with Crippen molar-refractivity contribution in [2.24, 2.45) is 0 Å². The predicted octanol–water partition coefficient (Wildman–Crippen LogP) is 1.98. The van der Waals surface area contributed by atoms with E-state index in [2.05, 4.69) is 5.32 Å². The minimum atomic E-state index is -0.813. The molecular weight excluding hydrogens is 206 g/mol. The van der Waals surface area contributed by atoms with Crippen molar-refractivity contribution in [3.8, 4) is 0 Å². The first-order chi connectivity index (χ1) is 7.68. The van der Waals surface area contributed by atoms with Gasteiger partial charge in [0.1, 0.15) is 0 Å². The van der Waals surface area contributed by atoms with Crippen molar-refractivity contribution in [2.75, 3.05) is 5.32 Å². The van der Waals surface area contributed by atoms with E-state index in [1.54, 1.807) is 0 Å². The monoisotopic (exact) mass is 219 g/mol. The Hall–Kier alpha value is -1.84. The molecule has 0 fully saturated rings. The number of carboxylic acids is 1. The van der Waals surface area contributed by atoms with E-state index in [1.165, 1.54) is 0 Å². The lowest BCUT2D eigenvalue weighted by Gasteiger charge is -2.06. The minimum absolute atomic E-state index is 0.0217. The fraction of sp³-hybridized carbons (Fsp3) is 0.333. The summed E-state index contributed by atoms with van der Waals surface area (Å²) in [4.78, 5) is 22.0. The van der Waals surface area contributed by atoms with E-state index >= 15 is 0 Å². The van der Waals surface area contributed by atoms with Gasteiger partial charge >= 0.3 is 5.97 Å². The van der Waals surface area contributed by atoms with Crippen LogP contribution in [0.15, 0.2) is 24.3 Å². The number of carbonyl (C=O) groups excluding carboxylic acids is 1. The van der Waals surface area contributed by atoms with Crippen LogP contribution in [0.2, 0.25) is 0 Å². The van der Waals surface area contributed by atoms with Crippen molar-refractivity contribution in [3.05, 3.63) is 29.8 Å². The Morgan fingerprint density at radius 2 is 2.12 bits per heavy atom. The van der Waals surface area contributed by atoms with Gasteiger partial charge in [-0.3, -0.25) is 9.59 Å². The maximum absolute atomic E-state index is 11.6. The van der Waals surface area contributed by atoms with Gasteiger partial charge in [-0.15, -0.1) is 0 Å². The molecule has 0 saturated carbocycles. The number of hydrogen-bond donors (Lipinski definition) is 2. The van der Waals surface area contributed by atoms with Gasteiger partial charge in [-0.2, -0.15) is 0 Å². The van der Waals surface area contributed by atoms with Crippen LogP contribution in [-0.4, -0.2) is 17.0 Å². The van der Waals surface area contributed by atoms with Gasteiger partial charge in [0.25, 0.3) is 0 Å². The Morgan fingerprint density at radius 3 is 2.88 bits per heavy atom. The molecule has 1 aliphatic heterocycles. The highest BCUT2D eigenvalue weighted by atomic mass is 16.4. The van der Waals surface area contributed by atoms with Crippen LogP contribution in [0.4, 0.5) is 5.69 Å². The summed E-state index contributed by atoms with van der Waals surface area (Å²) in [5.41, 5.74) is 1.84. The van der Waals surface area contributed by atoms with Crippen LogP contribution in [0.5, 0.6) is 0 Å². The summed E-state index contributed by atoms with van der Waals surface area (Å²) >= 11 is 0. The molecule has 1 aromatic carbocycles. The third-order valence-electron chi connectivity index (χ3n) is 2.79. The number of aliphatic carboxylic acids is 1. The average Bonchev–Trinajstić information content (AvgIpc) is 2.55. The second kappa shape index (κ2) is 4.35. The van der Waals surface area contributed by atoms with E-state index in [4.69, 9.17) is 5.11 Å². The number of para-hydroxylation sites is 1. The Labute approximate surface area is 93.3 Å². The highest BCUT2D eigenvalue weighted by Gasteiger charge is 2.29. The van der Waals surface area contributed by atoms with E-state index in [-0.39, 0.29) is 18.2 Å². The molecule has 0 saturated heterocycles. The zero-order chi connectivity index (χ0) is 11.5. The molecule has 2 rings (SSSR count).